The Morgan fingerprint density at radius 3 is 2.43 bits per heavy atom. The minimum atomic E-state index is -0.534. The number of aromatic nitrogens is 1. The van der Waals surface area contributed by atoms with Gasteiger partial charge in [0.15, 0.2) is 0 Å². The maximum absolute atomic E-state index is 14.0. The minimum Gasteiger partial charge on any atom is -0.444 e. The number of likely N-dealkylation sites (tertiary alicyclic amines) is 1. The third-order valence-electron chi connectivity index (χ3n) is 9.69. The topological polar surface area (TPSA) is 101 Å². The maximum atomic E-state index is 14.0. The highest BCUT2D eigenvalue weighted by Crippen LogP contribution is 2.41. The fourth-order valence-electron chi connectivity index (χ4n) is 7.54. The molecule has 1 saturated heterocycles. The van der Waals surface area contributed by atoms with E-state index in [2.05, 4.69) is 15.6 Å². The van der Waals surface area contributed by atoms with Crippen molar-refractivity contribution >= 4 is 34.5 Å². The molecule has 2 saturated carbocycles. The lowest BCUT2D eigenvalue weighted by atomic mass is 9.76. The summed E-state index contributed by atoms with van der Waals surface area (Å²) in [5.41, 5.74) is 1.10. The van der Waals surface area contributed by atoms with E-state index in [1.54, 1.807) is 6.20 Å². The molecule has 3 amide bonds. The van der Waals surface area contributed by atoms with Crippen molar-refractivity contribution in [3.63, 3.8) is 0 Å². The lowest BCUT2D eigenvalue weighted by Gasteiger charge is -2.37. The van der Waals surface area contributed by atoms with Gasteiger partial charge in [-0.1, -0.05) is 38.2 Å². The summed E-state index contributed by atoms with van der Waals surface area (Å²) < 4.78 is 5.43. The van der Waals surface area contributed by atoms with Gasteiger partial charge in [0.05, 0.1) is 5.52 Å². The monoisotopic (exact) mass is 576 g/mol. The molecule has 2 N–H and O–H groups in total. The van der Waals surface area contributed by atoms with E-state index < -0.39 is 17.7 Å². The van der Waals surface area contributed by atoms with Crippen molar-refractivity contribution in [1.82, 2.24) is 15.2 Å². The van der Waals surface area contributed by atoms with Gasteiger partial charge in [-0.25, -0.2) is 4.79 Å². The number of ether oxygens (including phenoxy) is 1. The second-order valence-electron chi connectivity index (χ2n) is 13.8. The summed E-state index contributed by atoms with van der Waals surface area (Å²) in [6.45, 7) is 8.25. The number of carbonyl (C=O) groups excluding carboxylic acids is 3. The predicted octanol–water partition coefficient (Wildman–Crippen LogP) is 6.69. The number of rotatable bonds is 6. The molecule has 8 nitrogen and oxygen atoms in total. The molecule has 0 radical (unpaired) electrons. The summed E-state index contributed by atoms with van der Waals surface area (Å²) in [6.07, 6.45) is 11.5. The highest BCUT2D eigenvalue weighted by molar-refractivity contribution is 5.99. The zero-order chi connectivity index (χ0) is 29.9. The van der Waals surface area contributed by atoms with Gasteiger partial charge < -0.3 is 20.3 Å². The molecule has 2 aromatic rings. The molecule has 0 spiro atoms. The number of benzene rings is 1. The van der Waals surface area contributed by atoms with Crippen LogP contribution in [0.25, 0.3) is 10.9 Å². The van der Waals surface area contributed by atoms with Crippen LogP contribution in [-0.2, 0) is 14.3 Å². The van der Waals surface area contributed by atoms with Crippen molar-refractivity contribution in [1.29, 1.82) is 0 Å². The Labute approximate surface area is 250 Å². The van der Waals surface area contributed by atoms with E-state index in [-0.39, 0.29) is 29.7 Å². The Morgan fingerprint density at radius 1 is 0.976 bits per heavy atom. The minimum absolute atomic E-state index is 0.0194. The summed E-state index contributed by atoms with van der Waals surface area (Å²) >= 11 is 0. The number of hydrogen-bond acceptors (Lipinski definition) is 5. The van der Waals surface area contributed by atoms with Crippen molar-refractivity contribution in [2.45, 2.75) is 110 Å². The highest BCUT2D eigenvalue weighted by Gasteiger charge is 2.47. The van der Waals surface area contributed by atoms with Crippen molar-refractivity contribution in [3.8, 4) is 0 Å². The predicted molar refractivity (Wildman–Crippen MR) is 165 cm³/mol. The first-order chi connectivity index (χ1) is 20.1. The molecule has 3 atom stereocenters. The van der Waals surface area contributed by atoms with Gasteiger partial charge in [-0.15, -0.1) is 0 Å². The molecule has 1 unspecified atom stereocenters. The number of fused-ring (bicyclic) bond motifs is 1. The number of hydrogen-bond donors (Lipinski definition) is 2. The van der Waals surface area contributed by atoms with Gasteiger partial charge >= 0.3 is 6.09 Å². The van der Waals surface area contributed by atoms with Crippen LogP contribution in [0, 0.1) is 23.7 Å². The molecular formula is C34H48N4O4. The number of nitrogens with zero attached hydrogens (tertiary/aromatic N) is 2. The van der Waals surface area contributed by atoms with Crippen LogP contribution in [0.4, 0.5) is 10.5 Å². The van der Waals surface area contributed by atoms with Crippen molar-refractivity contribution in [2.75, 3.05) is 11.9 Å². The van der Waals surface area contributed by atoms with E-state index >= 15 is 0 Å². The molecule has 3 fully saturated rings. The molecule has 2 aliphatic carbocycles. The molecule has 1 aromatic heterocycles. The molecule has 1 aliphatic heterocycles. The second-order valence-corrected chi connectivity index (χ2v) is 13.8. The lowest BCUT2D eigenvalue weighted by Crippen LogP contribution is -2.50. The Bertz CT molecular complexity index is 1260. The van der Waals surface area contributed by atoms with E-state index in [1.807, 2.05) is 62.9 Å². The molecule has 228 valence electrons. The number of nitrogens with one attached hydrogen (secondary N) is 2. The fourth-order valence-corrected chi connectivity index (χ4v) is 7.54. The van der Waals surface area contributed by atoms with Gasteiger partial charge in [0.1, 0.15) is 11.6 Å². The maximum Gasteiger partial charge on any atom is 0.407 e. The number of alkyl carbamates (subject to hydrolysis) is 1. The van der Waals surface area contributed by atoms with Gasteiger partial charge in [-0.05, 0) is 102 Å². The summed E-state index contributed by atoms with van der Waals surface area (Å²) in [6, 6.07) is 9.23. The quantitative estimate of drug-likeness (QED) is 0.399. The highest BCUT2D eigenvalue weighted by atomic mass is 16.6. The van der Waals surface area contributed by atoms with Crippen LogP contribution in [0.1, 0.15) is 91.9 Å². The van der Waals surface area contributed by atoms with Crippen LogP contribution in [0.3, 0.4) is 0 Å². The van der Waals surface area contributed by atoms with E-state index in [1.165, 1.54) is 19.3 Å². The Morgan fingerprint density at radius 2 is 1.71 bits per heavy atom. The number of amides is 3. The van der Waals surface area contributed by atoms with Crippen molar-refractivity contribution in [2.24, 2.45) is 23.7 Å². The third kappa shape index (κ3) is 7.24. The zero-order valence-corrected chi connectivity index (χ0v) is 25.7. The van der Waals surface area contributed by atoms with E-state index in [0.29, 0.717) is 18.4 Å². The second kappa shape index (κ2) is 13.0. The van der Waals surface area contributed by atoms with Gasteiger partial charge in [-0.2, -0.15) is 0 Å². The Hall–Kier alpha value is -3.16. The molecule has 42 heavy (non-hydrogen) atoms. The lowest BCUT2D eigenvalue weighted by molar-refractivity contribution is -0.142. The first-order valence-corrected chi connectivity index (χ1v) is 16.0. The van der Waals surface area contributed by atoms with Crippen molar-refractivity contribution < 1.29 is 19.1 Å². The normalized spacial score (nSPS) is 26.0. The fraction of sp³-hybridized carbons (Fsp3) is 0.647. The molecule has 2 heterocycles. The van der Waals surface area contributed by atoms with Crippen LogP contribution in [-0.4, -0.2) is 52.0 Å². The number of carbonyl (C=O) groups is 3. The summed E-state index contributed by atoms with van der Waals surface area (Å²) in [4.78, 5) is 46.6. The summed E-state index contributed by atoms with van der Waals surface area (Å²) in [5.74, 6) is 0.971. The van der Waals surface area contributed by atoms with Crippen LogP contribution >= 0.6 is 0 Å². The standard InChI is InChI=1S/C34H48N4O4/c1-22(36-33(41)42-34(2,3)4)23-12-14-25(15-13-23)32(40)38-20-18-28(24-9-6-5-7-10-24)30(38)31(39)37-27-16-17-29-26(21-27)11-8-19-35-29/h8,11,16-17,19,21-25,28,30H,5-7,9-10,12-15,18,20H2,1-4H3,(H,36,41)(H,37,39)/t22?,23?,25?,28-,30-/m0/s1. The molecular weight excluding hydrogens is 528 g/mol. The molecule has 3 aliphatic rings. The average Bonchev–Trinajstić information content (AvgIpc) is 3.42. The Kier molecular flexibility index (Phi) is 9.38. The van der Waals surface area contributed by atoms with Crippen LogP contribution < -0.4 is 10.6 Å². The molecule has 5 rings (SSSR count). The first-order valence-electron chi connectivity index (χ1n) is 16.0. The largest absolute Gasteiger partial charge is 0.444 e. The zero-order valence-electron chi connectivity index (χ0n) is 25.7. The van der Waals surface area contributed by atoms with Crippen molar-refractivity contribution in [3.05, 3.63) is 36.5 Å². The third-order valence-corrected chi connectivity index (χ3v) is 9.69. The molecule has 1 aromatic carbocycles. The average molecular weight is 577 g/mol. The number of pyridine rings is 1. The van der Waals surface area contributed by atoms with Gasteiger partial charge in [0.25, 0.3) is 0 Å². The Balaban J connectivity index is 1.25. The molecule has 8 heteroatoms. The summed E-state index contributed by atoms with van der Waals surface area (Å²) in [7, 11) is 0. The first kappa shape index (κ1) is 30.3. The van der Waals surface area contributed by atoms with Gasteiger partial charge in [0.2, 0.25) is 11.8 Å². The van der Waals surface area contributed by atoms with E-state index in [0.717, 1.165) is 61.5 Å². The smallest absolute Gasteiger partial charge is 0.407 e. The molecule has 0 bridgehead atoms. The van der Waals surface area contributed by atoms with Crippen LogP contribution in [0.2, 0.25) is 0 Å². The van der Waals surface area contributed by atoms with Crippen LogP contribution in [0.15, 0.2) is 36.5 Å². The van der Waals surface area contributed by atoms with Crippen LogP contribution in [0.5, 0.6) is 0 Å². The van der Waals surface area contributed by atoms with E-state index in [4.69, 9.17) is 4.74 Å². The SMILES string of the molecule is CC(NC(=O)OC(C)(C)C)C1CCC(C(=O)N2CC[C@@H](C3CCCCC3)[C@H]2C(=O)Nc2ccc3ncccc3c2)CC1. The van der Waals surface area contributed by atoms with Gasteiger partial charge in [-0.3, -0.25) is 14.6 Å². The van der Waals surface area contributed by atoms with Gasteiger partial charge in [0, 0.05) is 35.8 Å². The van der Waals surface area contributed by atoms with E-state index in [9.17, 15) is 14.4 Å². The number of anilines is 1. The summed E-state index contributed by atoms with van der Waals surface area (Å²) in [5, 5.41) is 7.14.